The van der Waals surface area contributed by atoms with Crippen molar-refractivity contribution in [3.05, 3.63) is 29.6 Å². The van der Waals surface area contributed by atoms with Crippen molar-refractivity contribution in [3.63, 3.8) is 0 Å². The molecule has 1 heterocycles. The molecule has 0 radical (unpaired) electrons. The highest BCUT2D eigenvalue weighted by molar-refractivity contribution is 5.94. The molecule has 1 unspecified atom stereocenters. The number of hydrogen-bond donors (Lipinski definition) is 1. The molecule has 1 aliphatic rings. The predicted molar refractivity (Wildman–Crippen MR) is 82.8 cm³/mol. The van der Waals surface area contributed by atoms with E-state index in [1.165, 1.54) is 19.2 Å². The van der Waals surface area contributed by atoms with Crippen LogP contribution >= 0.6 is 12.4 Å². The zero-order valence-electron chi connectivity index (χ0n) is 12.4. The van der Waals surface area contributed by atoms with E-state index < -0.39 is 5.82 Å². The highest BCUT2D eigenvalue weighted by Crippen LogP contribution is 2.21. The van der Waals surface area contributed by atoms with Gasteiger partial charge in [0.25, 0.3) is 5.91 Å². The number of methoxy groups -OCH3 is 1. The lowest BCUT2D eigenvalue weighted by Crippen LogP contribution is -2.42. The first-order chi connectivity index (χ1) is 9.65. The monoisotopic (exact) mass is 316 g/mol. The van der Waals surface area contributed by atoms with Gasteiger partial charge in [-0.05, 0) is 44.5 Å². The first kappa shape index (κ1) is 17.7. The average molecular weight is 317 g/mol. The molecule has 0 spiro atoms. The van der Waals surface area contributed by atoms with Gasteiger partial charge in [-0.15, -0.1) is 12.4 Å². The molecular formula is C15H22ClFN2O2. The predicted octanol–water partition coefficient (Wildman–Crippen LogP) is 2.33. The molecule has 1 amide bonds. The van der Waals surface area contributed by atoms with Gasteiger partial charge in [-0.25, -0.2) is 4.39 Å². The number of nitrogens with one attached hydrogen (secondary N) is 1. The number of benzene rings is 1. The Morgan fingerprint density at radius 2 is 2.29 bits per heavy atom. The van der Waals surface area contributed by atoms with Crippen molar-refractivity contribution >= 4 is 18.3 Å². The van der Waals surface area contributed by atoms with Crippen molar-refractivity contribution in [1.29, 1.82) is 0 Å². The minimum absolute atomic E-state index is 0. The number of hydrogen-bond acceptors (Lipinski definition) is 3. The number of piperidine rings is 1. The maximum atomic E-state index is 13.9. The van der Waals surface area contributed by atoms with E-state index in [1.807, 2.05) is 7.05 Å². The van der Waals surface area contributed by atoms with Crippen LogP contribution in [-0.4, -0.2) is 44.6 Å². The Hall–Kier alpha value is -1.33. The van der Waals surface area contributed by atoms with E-state index in [2.05, 4.69) is 5.32 Å². The lowest BCUT2D eigenvalue weighted by molar-refractivity contribution is 0.0669. The van der Waals surface area contributed by atoms with Crippen LogP contribution in [-0.2, 0) is 0 Å². The van der Waals surface area contributed by atoms with Crippen LogP contribution in [0.25, 0.3) is 0 Å². The normalized spacial score (nSPS) is 18.0. The maximum Gasteiger partial charge on any atom is 0.256 e. The molecule has 1 N–H and O–H groups in total. The van der Waals surface area contributed by atoms with Gasteiger partial charge in [0.05, 0.1) is 12.7 Å². The summed E-state index contributed by atoms with van der Waals surface area (Å²) in [6, 6.07) is 4.37. The summed E-state index contributed by atoms with van der Waals surface area (Å²) in [6.45, 7) is 2.27. The van der Waals surface area contributed by atoms with Crippen LogP contribution in [0.2, 0.25) is 0 Å². The van der Waals surface area contributed by atoms with Crippen LogP contribution in [0.15, 0.2) is 18.2 Å². The number of rotatable bonds is 4. The lowest BCUT2D eigenvalue weighted by atomic mass is 9.97. The number of ether oxygens (including phenoxy) is 1. The number of halogens is 2. The second-order valence-electron chi connectivity index (χ2n) is 5.16. The summed E-state index contributed by atoms with van der Waals surface area (Å²) >= 11 is 0. The zero-order valence-corrected chi connectivity index (χ0v) is 13.2. The summed E-state index contributed by atoms with van der Waals surface area (Å²) in [5.41, 5.74) is 0.121. The van der Waals surface area contributed by atoms with E-state index in [4.69, 9.17) is 4.74 Å². The molecule has 6 heteroatoms. The fourth-order valence-corrected chi connectivity index (χ4v) is 2.67. The largest absolute Gasteiger partial charge is 0.497 e. The molecule has 1 saturated heterocycles. The Morgan fingerprint density at radius 3 is 2.90 bits per heavy atom. The number of nitrogens with zero attached hydrogens (tertiary/aromatic N) is 1. The van der Waals surface area contributed by atoms with Gasteiger partial charge in [-0.1, -0.05) is 0 Å². The van der Waals surface area contributed by atoms with Crippen molar-refractivity contribution in [3.8, 4) is 5.75 Å². The van der Waals surface area contributed by atoms with Crippen LogP contribution in [0.4, 0.5) is 4.39 Å². The van der Waals surface area contributed by atoms with Gasteiger partial charge in [-0.2, -0.15) is 0 Å². The van der Waals surface area contributed by atoms with Crippen molar-refractivity contribution in [2.75, 3.05) is 33.8 Å². The first-order valence-electron chi connectivity index (χ1n) is 6.93. The number of carbonyl (C=O) groups excluding carboxylic acids is 1. The Labute approximate surface area is 131 Å². The van der Waals surface area contributed by atoms with Gasteiger partial charge >= 0.3 is 0 Å². The Bertz CT molecular complexity index is 483. The van der Waals surface area contributed by atoms with Gasteiger partial charge in [0.15, 0.2) is 0 Å². The van der Waals surface area contributed by atoms with E-state index in [0.29, 0.717) is 24.8 Å². The smallest absolute Gasteiger partial charge is 0.256 e. The number of amides is 1. The Kier molecular flexibility index (Phi) is 6.92. The quantitative estimate of drug-likeness (QED) is 0.927. The average Bonchev–Trinajstić information content (AvgIpc) is 2.47. The summed E-state index contributed by atoms with van der Waals surface area (Å²) in [5, 5.41) is 3.13. The summed E-state index contributed by atoms with van der Waals surface area (Å²) in [6.07, 6.45) is 2.07. The molecule has 1 aromatic carbocycles. The molecule has 118 valence electrons. The molecule has 1 aliphatic heterocycles. The third kappa shape index (κ3) is 4.32. The van der Waals surface area contributed by atoms with Crippen molar-refractivity contribution in [2.45, 2.75) is 12.8 Å². The second-order valence-corrected chi connectivity index (χ2v) is 5.16. The molecule has 0 bridgehead atoms. The molecular weight excluding hydrogens is 295 g/mol. The third-order valence-corrected chi connectivity index (χ3v) is 3.71. The molecule has 1 fully saturated rings. The Morgan fingerprint density at radius 1 is 1.52 bits per heavy atom. The fraction of sp³-hybridized carbons (Fsp3) is 0.533. The summed E-state index contributed by atoms with van der Waals surface area (Å²) in [5.74, 6) is 0.112. The molecule has 2 rings (SSSR count). The number of carbonyl (C=O) groups is 1. The van der Waals surface area contributed by atoms with Crippen molar-refractivity contribution in [2.24, 2.45) is 5.92 Å². The summed E-state index contributed by atoms with van der Waals surface area (Å²) in [4.78, 5) is 14.1. The molecule has 0 aliphatic carbocycles. The van der Waals surface area contributed by atoms with Gasteiger partial charge in [0.2, 0.25) is 0 Å². The molecule has 0 saturated carbocycles. The van der Waals surface area contributed by atoms with Crippen LogP contribution in [0.3, 0.4) is 0 Å². The zero-order chi connectivity index (χ0) is 14.5. The second kappa shape index (κ2) is 8.20. The van der Waals surface area contributed by atoms with E-state index in [1.54, 1.807) is 11.0 Å². The van der Waals surface area contributed by atoms with Crippen molar-refractivity contribution < 1.29 is 13.9 Å². The summed E-state index contributed by atoms with van der Waals surface area (Å²) in [7, 11) is 3.38. The van der Waals surface area contributed by atoms with Crippen LogP contribution in [0.5, 0.6) is 5.75 Å². The van der Waals surface area contributed by atoms with Crippen molar-refractivity contribution in [1.82, 2.24) is 10.2 Å². The SMILES string of the molecule is CNCC1CCCN(C(=O)c2ccc(OC)cc2F)C1.Cl. The van der Waals surface area contributed by atoms with E-state index >= 15 is 0 Å². The highest BCUT2D eigenvalue weighted by atomic mass is 35.5. The van der Waals surface area contributed by atoms with Gasteiger partial charge < -0.3 is 15.0 Å². The molecule has 1 atom stereocenters. The minimum atomic E-state index is -0.523. The summed E-state index contributed by atoms with van der Waals surface area (Å²) < 4.78 is 18.9. The molecule has 0 aromatic heterocycles. The van der Waals surface area contributed by atoms with E-state index in [9.17, 15) is 9.18 Å². The van der Waals surface area contributed by atoms with Gasteiger partial charge in [-0.3, -0.25) is 4.79 Å². The number of likely N-dealkylation sites (tertiary alicyclic amines) is 1. The van der Waals surface area contributed by atoms with E-state index in [0.717, 1.165) is 19.4 Å². The standard InChI is InChI=1S/C15H21FN2O2.ClH/c1-17-9-11-4-3-7-18(10-11)15(19)13-6-5-12(20-2)8-14(13)16;/h5-6,8,11,17H,3-4,7,9-10H2,1-2H3;1H. The van der Waals surface area contributed by atoms with Gasteiger partial charge in [0, 0.05) is 19.2 Å². The Balaban J connectivity index is 0.00000220. The molecule has 21 heavy (non-hydrogen) atoms. The lowest BCUT2D eigenvalue weighted by Gasteiger charge is -2.32. The topological polar surface area (TPSA) is 41.6 Å². The third-order valence-electron chi connectivity index (χ3n) is 3.71. The molecule has 4 nitrogen and oxygen atoms in total. The molecule has 1 aromatic rings. The van der Waals surface area contributed by atoms with Crippen LogP contribution in [0, 0.1) is 11.7 Å². The first-order valence-corrected chi connectivity index (χ1v) is 6.93. The maximum absolute atomic E-state index is 13.9. The van der Waals surface area contributed by atoms with Gasteiger partial charge in [0.1, 0.15) is 11.6 Å². The van der Waals surface area contributed by atoms with E-state index in [-0.39, 0.29) is 23.9 Å². The fourth-order valence-electron chi connectivity index (χ4n) is 2.67. The minimum Gasteiger partial charge on any atom is -0.497 e. The van der Waals surface area contributed by atoms with Crippen LogP contribution in [0.1, 0.15) is 23.2 Å². The highest BCUT2D eigenvalue weighted by Gasteiger charge is 2.25. The van der Waals surface area contributed by atoms with Crippen LogP contribution < -0.4 is 10.1 Å².